The third-order valence-electron chi connectivity index (χ3n) is 2.79. The molecule has 0 saturated carbocycles. The number of benzene rings is 1. The first-order chi connectivity index (χ1) is 7.88. The highest BCUT2D eigenvalue weighted by Gasteiger charge is 2.12. The van der Waals surface area contributed by atoms with Gasteiger partial charge in [0.25, 0.3) is 0 Å². The number of rotatable bonds is 5. The number of nitrogens with zero attached hydrogens (tertiary/aromatic N) is 1. The monoisotopic (exact) mass is 234 g/mol. The maximum absolute atomic E-state index is 5.93. The van der Waals surface area contributed by atoms with Crippen molar-refractivity contribution in [1.82, 2.24) is 4.90 Å². The van der Waals surface area contributed by atoms with E-state index in [2.05, 4.69) is 44.9 Å². The fraction of sp³-hybridized carbons (Fsp3) is 0.600. The molecule has 17 heavy (non-hydrogen) atoms. The molecule has 0 atom stereocenters. The van der Waals surface area contributed by atoms with Gasteiger partial charge in [-0.1, -0.05) is 39.0 Å². The van der Waals surface area contributed by atoms with Crippen LogP contribution in [0.4, 0.5) is 5.69 Å². The summed E-state index contributed by atoms with van der Waals surface area (Å²) in [6.07, 6.45) is 2.24. The topological polar surface area (TPSA) is 29.3 Å². The van der Waals surface area contributed by atoms with Gasteiger partial charge in [0.1, 0.15) is 0 Å². The molecule has 0 radical (unpaired) electrons. The molecule has 0 aliphatic heterocycles. The number of hydrogen-bond acceptors (Lipinski definition) is 2. The van der Waals surface area contributed by atoms with E-state index < -0.39 is 0 Å². The molecular formula is C15H26N2. The van der Waals surface area contributed by atoms with Gasteiger partial charge in [-0.15, -0.1) is 0 Å². The minimum atomic E-state index is 0.376. The summed E-state index contributed by atoms with van der Waals surface area (Å²) in [5.74, 6) is 0. The molecule has 0 aliphatic rings. The second kappa shape index (κ2) is 6.06. The summed E-state index contributed by atoms with van der Waals surface area (Å²) in [6, 6.07) is 8.16. The van der Waals surface area contributed by atoms with E-state index in [4.69, 9.17) is 5.73 Å². The molecule has 0 amide bonds. The van der Waals surface area contributed by atoms with Crippen LogP contribution in [0, 0.1) is 5.41 Å². The van der Waals surface area contributed by atoms with Gasteiger partial charge in [0, 0.05) is 12.2 Å². The van der Waals surface area contributed by atoms with Crippen molar-refractivity contribution >= 4 is 5.69 Å². The summed E-state index contributed by atoms with van der Waals surface area (Å²) in [4.78, 5) is 2.40. The van der Waals surface area contributed by atoms with E-state index in [1.807, 2.05) is 12.1 Å². The minimum absolute atomic E-state index is 0.376. The number of anilines is 1. The average Bonchev–Trinajstić information content (AvgIpc) is 2.18. The molecule has 1 aromatic rings. The number of para-hydroxylation sites is 1. The molecule has 1 rings (SSSR count). The largest absolute Gasteiger partial charge is 0.399 e. The lowest BCUT2D eigenvalue weighted by molar-refractivity contribution is 0.225. The molecule has 1 aromatic carbocycles. The van der Waals surface area contributed by atoms with Crippen LogP contribution in [-0.2, 0) is 6.42 Å². The SMILES string of the molecule is CN(CCCc1ccccc1N)CC(C)(C)C. The fourth-order valence-electron chi connectivity index (χ4n) is 2.19. The Morgan fingerprint density at radius 1 is 1.18 bits per heavy atom. The Balaban J connectivity index is 2.31. The number of nitrogens with two attached hydrogens (primary N) is 1. The fourth-order valence-corrected chi connectivity index (χ4v) is 2.19. The Morgan fingerprint density at radius 3 is 2.41 bits per heavy atom. The molecule has 0 fully saturated rings. The summed E-state index contributed by atoms with van der Waals surface area (Å²) >= 11 is 0. The maximum atomic E-state index is 5.93. The molecule has 0 aliphatic carbocycles. The zero-order chi connectivity index (χ0) is 12.9. The Hall–Kier alpha value is -1.02. The first-order valence-electron chi connectivity index (χ1n) is 6.40. The van der Waals surface area contributed by atoms with Crippen LogP contribution in [0.1, 0.15) is 32.8 Å². The van der Waals surface area contributed by atoms with Crippen molar-refractivity contribution in [2.75, 3.05) is 25.9 Å². The predicted octanol–water partition coefficient (Wildman–Crippen LogP) is 3.18. The highest BCUT2D eigenvalue weighted by Crippen LogP contribution is 2.16. The molecule has 2 N–H and O–H groups in total. The van der Waals surface area contributed by atoms with Crippen LogP contribution in [0.15, 0.2) is 24.3 Å². The summed E-state index contributed by atoms with van der Waals surface area (Å²) in [6.45, 7) is 9.10. The van der Waals surface area contributed by atoms with Crippen molar-refractivity contribution in [3.63, 3.8) is 0 Å². The van der Waals surface area contributed by atoms with Gasteiger partial charge in [-0.05, 0) is 43.5 Å². The van der Waals surface area contributed by atoms with Gasteiger partial charge >= 0.3 is 0 Å². The summed E-state index contributed by atoms with van der Waals surface area (Å²) < 4.78 is 0. The number of aryl methyl sites for hydroxylation is 1. The van der Waals surface area contributed by atoms with Crippen LogP contribution in [0.3, 0.4) is 0 Å². The Kier molecular flexibility index (Phi) is 5.01. The second-order valence-electron chi connectivity index (χ2n) is 6.10. The van der Waals surface area contributed by atoms with Crippen LogP contribution in [0.25, 0.3) is 0 Å². The van der Waals surface area contributed by atoms with Crippen LogP contribution in [0.5, 0.6) is 0 Å². The smallest absolute Gasteiger partial charge is 0.0346 e. The normalized spacial score (nSPS) is 12.1. The van der Waals surface area contributed by atoms with E-state index in [1.165, 1.54) is 12.0 Å². The van der Waals surface area contributed by atoms with Crippen molar-refractivity contribution in [3.8, 4) is 0 Å². The van der Waals surface area contributed by atoms with Crippen molar-refractivity contribution in [1.29, 1.82) is 0 Å². The van der Waals surface area contributed by atoms with E-state index in [9.17, 15) is 0 Å². The van der Waals surface area contributed by atoms with Crippen molar-refractivity contribution in [3.05, 3.63) is 29.8 Å². The summed E-state index contributed by atoms with van der Waals surface area (Å²) in [5, 5.41) is 0. The zero-order valence-electron chi connectivity index (χ0n) is 11.7. The van der Waals surface area contributed by atoms with E-state index in [0.29, 0.717) is 5.41 Å². The predicted molar refractivity (Wildman–Crippen MR) is 76.1 cm³/mol. The van der Waals surface area contributed by atoms with Crippen LogP contribution < -0.4 is 5.73 Å². The third-order valence-corrected chi connectivity index (χ3v) is 2.79. The van der Waals surface area contributed by atoms with E-state index >= 15 is 0 Å². The summed E-state index contributed by atoms with van der Waals surface area (Å²) in [5.41, 5.74) is 8.50. The van der Waals surface area contributed by atoms with Crippen LogP contribution in [0.2, 0.25) is 0 Å². The van der Waals surface area contributed by atoms with Gasteiger partial charge in [0.05, 0.1) is 0 Å². The highest BCUT2D eigenvalue weighted by molar-refractivity contribution is 5.46. The quantitative estimate of drug-likeness (QED) is 0.793. The lowest BCUT2D eigenvalue weighted by Crippen LogP contribution is -2.30. The molecule has 0 saturated heterocycles. The van der Waals surface area contributed by atoms with E-state index in [0.717, 1.165) is 25.2 Å². The van der Waals surface area contributed by atoms with Gasteiger partial charge in [0.2, 0.25) is 0 Å². The Morgan fingerprint density at radius 2 is 1.82 bits per heavy atom. The molecule has 0 heterocycles. The Labute approximate surface area is 106 Å². The maximum Gasteiger partial charge on any atom is 0.0346 e. The van der Waals surface area contributed by atoms with Crippen LogP contribution in [-0.4, -0.2) is 25.0 Å². The van der Waals surface area contributed by atoms with Gasteiger partial charge < -0.3 is 10.6 Å². The zero-order valence-corrected chi connectivity index (χ0v) is 11.7. The van der Waals surface area contributed by atoms with E-state index in [1.54, 1.807) is 0 Å². The standard InChI is InChI=1S/C15H26N2/c1-15(2,3)12-17(4)11-7-9-13-8-5-6-10-14(13)16/h5-6,8,10H,7,9,11-12,16H2,1-4H3. The van der Waals surface area contributed by atoms with Crippen LogP contribution >= 0.6 is 0 Å². The first-order valence-corrected chi connectivity index (χ1v) is 6.40. The molecule has 0 aromatic heterocycles. The third kappa shape index (κ3) is 5.73. The second-order valence-corrected chi connectivity index (χ2v) is 6.10. The lowest BCUT2D eigenvalue weighted by atomic mass is 9.96. The molecule has 96 valence electrons. The first kappa shape index (κ1) is 14.0. The van der Waals surface area contributed by atoms with Gasteiger partial charge in [-0.2, -0.15) is 0 Å². The average molecular weight is 234 g/mol. The summed E-state index contributed by atoms with van der Waals surface area (Å²) in [7, 11) is 2.19. The van der Waals surface area contributed by atoms with Gasteiger partial charge in [-0.3, -0.25) is 0 Å². The van der Waals surface area contributed by atoms with Gasteiger partial charge in [-0.25, -0.2) is 0 Å². The van der Waals surface area contributed by atoms with Crippen molar-refractivity contribution < 1.29 is 0 Å². The number of nitrogen functional groups attached to an aromatic ring is 1. The Bertz CT molecular complexity index is 339. The molecule has 0 spiro atoms. The number of hydrogen-bond donors (Lipinski definition) is 1. The van der Waals surface area contributed by atoms with Gasteiger partial charge in [0.15, 0.2) is 0 Å². The minimum Gasteiger partial charge on any atom is -0.399 e. The molecule has 2 heteroatoms. The van der Waals surface area contributed by atoms with Crippen molar-refractivity contribution in [2.24, 2.45) is 5.41 Å². The molecule has 0 bridgehead atoms. The molecular weight excluding hydrogens is 208 g/mol. The highest BCUT2D eigenvalue weighted by atomic mass is 15.1. The van der Waals surface area contributed by atoms with E-state index in [-0.39, 0.29) is 0 Å². The lowest BCUT2D eigenvalue weighted by Gasteiger charge is -2.26. The molecule has 2 nitrogen and oxygen atoms in total. The molecule has 0 unspecified atom stereocenters. The van der Waals surface area contributed by atoms with Crippen molar-refractivity contribution in [2.45, 2.75) is 33.6 Å².